The van der Waals surface area contributed by atoms with Gasteiger partial charge in [-0.3, -0.25) is 4.79 Å². The molecular weight excluding hydrogens is 295 g/mol. The summed E-state index contributed by atoms with van der Waals surface area (Å²) in [4.78, 5) is 14.5. The highest BCUT2D eigenvalue weighted by molar-refractivity contribution is 6.42. The van der Waals surface area contributed by atoms with Gasteiger partial charge >= 0.3 is 0 Å². The van der Waals surface area contributed by atoms with Crippen molar-refractivity contribution in [3.8, 4) is 0 Å². The summed E-state index contributed by atoms with van der Waals surface area (Å²) in [7, 11) is 0. The summed E-state index contributed by atoms with van der Waals surface area (Å²) in [5.74, 6) is 0.0199. The molecule has 1 aliphatic carbocycles. The van der Waals surface area contributed by atoms with Crippen LogP contribution in [0.3, 0.4) is 0 Å². The molecule has 0 spiro atoms. The summed E-state index contributed by atoms with van der Waals surface area (Å²) in [6, 6.07) is 5.60. The molecule has 1 aromatic carbocycles. The van der Waals surface area contributed by atoms with E-state index in [2.05, 4.69) is 0 Å². The maximum absolute atomic E-state index is 12.6. The third-order valence-corrected chi connectivity index (χ3v) is 4.69. The SMILES string of the molecule is CCN(C(=O)c1ccc(Cl)c(Cl)c1)C1CCC(N)CC1. The fourth-order valence-corrected chi connectivity index (χ4v) is 3.07. The Labute approximate surface area is 130 Å². The number of rotatable bonds is 3. The van der Waals surface area contributed by atoms with Crippen LogP contribution in [0.2, 0.25) is 10.0 Å². The van der Waals surface area contributed by atoms with Gasteiger partial charge in [0.05, 0.1) is 10.0 Å². The number of carbonyl (C=O) groups excluding carboxylic acids is 1. The molecule has 0 atom stereocenters. The van der Waals surface area contributed by atoms with Crippen molar-refractivity contribution in [2.45, 2.75) is 44.7 Å². The Balaban J connectivity index is 2.14. The minimum Gasteiger partial charge on any atom is -0.336 e. The van der Waals surface area contributed by atoms with Crippen LogP contribution in [0.15, 0.2) is 18.2 Å². The van der Waals surface area contributed by atoms with Crippen molar-refractivity contribution in [1.29, 1.82) is 0 Å². The highest BCUT2D eigenvalue weighted by Gasteiger charge is 2.27. The molecule has 0 heterocycles. The summed E-state index contributed by atoms with van der Waals surface area (Å²) in [5, 5.41) is 0.883. The Hall–Kier alpha value is -0.770. The first-order valence-corrected chi connectivity index (χ1v) is 7.80. The number of nitrogens with two attached hydrogens (primary N) is 1. The molecular formula is C15H20Cl2N2O. The van der Waals surface area contributed by atoms with Crippen LogP contribution in [0, 0.1) is 0 Å². The van der Waals surface area contributed by atoms with Gasteiger partial charge in [0, 0.05) is 24.2 Å². The van der Waals surface area contributed by atoms with Crippen LogP contribution in [-0.4, -0.2) is 29.4 Å². The number of nitrogens with zero attached hydrogens (tertiary/aromatic N) is 1. The topological polar surface area (TPSA) is 46.3 Å². The first kappa shape index (κ1) is 15.6. The average Bonchev–Trinajstić information content (AvgIpc) is 2.44. The van der Waals surface area contributed by atoms with Gasteiger partial charge in [0.25, 0.3) is 5.91 Å². The molecule has 2 N–H and O–H groups in total. The molecule has 110 valence electrons. The van der Waals surface area contributed by atoms with Crippen molar-refractivity contribution in [2.75, 3.05) is 6.54 Å². The molecule has 1 amide bonds. The van der Waals surface area contributed by atoms with Crippen LogP contribution in [0.4, 0.5) is 0 Å². The molecule has 1 aromatic rings. The maximum atomic E-state index is 12.6. The van der Waals surface area contributed by atoms with E-state index in [0.29, 0.717) is 22.2 Å². The van der Waals surface area contributed by atoms with E-state index in [9.17, 15) is 4.79 Å². The van der Waals surface area contributed by atoms with E-state index in [1.165, 1.54) is 0 Å². The zero-order chi connectivity index (χ0) is 14.7. The first-order chi connectivity index (χ1) is 9.52. The van der Waals surface area contributed by atoms with Crippen LogP contribution in [0.25, 0.3) is 0 Å². The summed E-state index contributed by atoms with van der Waals surface area (Å²) in [6.07, 6.45) is 3.91. The van der Waals surface area contributed by atoms with Crippen LogP contribution in [-0.2, 0) is 0 Å². The Kier molecular flexibility index (Phi) is 5.30. The molecule has 0 unspecified atom stereocenters. The van der Waals surface area contributed by atoms with Gasteiger partial charge < -0.3 is 10.6 Å². The van der Waals surface area contributed by atoms with E-state index in [1.807, 2.05) is 11.8 Å². The Morgan fingerprint density at radius 3 is 2.45 bits per heavy atom. The van der Waals surface area contributed by atoms with Crippen molar-refractivity contribution in [2.24, 2.45) is 5.73 Å². The number of hydrogen-bond donors (Lipinski definition) is 1. The van der Waals surface area contributed by atoms with E-state index in [0.717, 1.165) is 25.7 Å². The number of carbonyl (C=O) groups is 1. The van der Waals surface area contributed by atoms with Crippen molar-refractivity contribution in [3.05, 3.63) is 33.8 Å². The van der Waals surface area contributed by atoms with Crippen LogP contribution in [0.5, 0.6) is 0 Å². The number of halogens is 2. The zero-order valence-corrected chi connectivity index (χ0v) is 13.1. The minimum absolute atomic E-state index is 0.0199. The highest BCUT2D eigenvalue weighted by atomic mass is 35.5. The quantitative estimate of drug-likeness (QED) is 0.924. The van der Waals surface area contributed by atoms with Crippen molar-refractivity contribution in [1.82, 2.24) is 4.90 Å². The lowest BCUT2D eigenvalue weighted by Crippen LogP contribution is -2.44. The predicted octanol–water partition coefficient (Wildman–Crippen LogP) is 3.73. The second-order valence-corrected chi connectivity index (χ2v) is 6.10. The minimum atomic E-state index is 0.0199. The number of benzene rings is 1. The summed E-state index contributed by atoms with van der Waals surface area (Å²) >= 11 is 11.9. The molecule has 1 aliphatic rings. The molecule has 2 rings (SSSR count). The smallest absolute Gasteiger partial charge is 0.254 e. The van der Waals surface area contributed by atoms with Gasteiger partial charge in [0.15, 0.2) is 0 Å². The average molecular weight is 315 g/mol. The highest BCUT2D eigenvalue weighted by Crippen LogP contribution is 2.26. The number of hydrogen-bond acceptors (Lipinski definition) is 2. The second-order valence-electron chi connectivity index (χ2n) is 5.29. The van der Waals surface area contributed by atoms with E-state index >= 15 is 0 Å². The standard InChI is InChI=1S/C15H20Cl2N2O/c1-2-19(12-6-4-11(18)5-7-12)15(20)10-3-8-13(16)14(17)9-10/h3,8-9,11-12H,2,4-7,18H2,1H3. The third kappa shape index (κ3) is 3.46. The van der Waals surface area contributed by atoms with Gasteiger partial charge in [-0.05, 0) is 50.8 Å². The second kappa shape index (κ2) is 6.79. The van der Waals surface area contributed by atoms with Gasteiger partial charge in [0.1, 0.15) is 0 Å². The van der Waals surface area contributed by atoms with Gasteiger partial charge in [-0.25, -0.2) is 0 Å². The molecule has 0 saturated heterocycles. The summed E-state index contributed by atoms with van der Waals surface area (Å²) in [6.45, 7) is 2.70. The van der Waals surface area contributed by atoms with Crippen molar-refractivity contribution in [3.63, 3.8) is 0 Å². The normalized spacial score (nSPS) is 22.6. The van der Waals surface area contributed by atoms with Crippen LogP contribution in [0.1, 0.15) is 43.0 Å². The number of amides is 1. The van der Waals surface area contributed by atoms with E-state index in [4.69, 9.17) is 28.9 Å². The molecule has 0 radical (unpaired) electrons. The van der Waals surface area contributed by atoms with Gasteiger partial charge in [0.2, 0.25) is 0 Å². The molecule has 5 heteroatoms. The Bertz CT molecular complexity index is 485. The van der Waals surface area contributed by atoms with E-state index in [-0.39, 0.29) is 18.0 Å². The van der Waals surface area contributed by atoms with Crippen LogP contribution < -0.4 is 5.73 Å². The molecule has 0 bridgehead atoms. The lowest BCUT2D eigenvalue weighted by molar-refractivity contribution is 0.0640. The fraction of sp³-hybridized carbons (Fsp3) is 0.533. The fourth-order valence-electron chi connectivity index (χ4n) is 2.78. The molecule has 0 aromatic heterocycles. The predicted molar refractivity (Wildman–Crippen MR) is 83.4 cm³/mol. The molecule has 1 fully saturated rings. The van der Waals surface area contributed by atoms with Crippen molar-refractivity contribution >= 4 is 29.1 Å². The molecule has 20 heavy (non-hydrogen) atoms. The molecule has 0 aliphatic heterocycles. The molecule has 1 saturated carbocycles. The lowest BCUT2D eigenvalue weighted by atomic mass is 9.90. The van der Waals surface area contributed by atoms with Gasteiger partial charge in [-0.2, -0.15) is 0 Å². The van der Waals surface area contributed by atoms with Gasteiger partial charge in [-0.15, -0.1) is 0 Å². The maximum Gasteiger partial charge on any atom is 0.254 e. The van der Waals surface area contributed by atoms with Gasteiger partial charge in [-0.1, -0.05) is 23.2 Å². The first-order valence-electron chi connectivity index (χ1n) is 7.04. The van der Waals surface area contributed by atoms with Crippen molar-refractivity contribution < 1.29 is 4.79 Å². The van der Waals surface area contributed by atoms with E-state index < -0.39 is 0 Å². The third-order valence-electron chi connectivity index (χ3n) is 3.95. The Morgan fingerprint density at radius 1 is 1.25 bits per heavy atom. The monoisotopic (exact) mass is 314 g/mol. The Morgan fingerprint density at radius 2 is 1.90 bits per heavy atom. The summed E-state index contributed by atoms with van der Waals surface area (Å²) in [5.41, 5.74) is 6.52. The summed E-state index contributed by atoms with van der Waals surface area (Å²) < 4.78 is 0. The zero-order valence-electron chi connectivity index (χ0n) is 11.6. The molecule has 3 nitrogen and oxygen atoms in total. The van der Waals surface area contributed by atoms with E-state index in [1.54, 1.807) is 18.2 Å². The largest absolute Gasteiger partial charge is 0.336 e. The van der Waals surface area contributed by atoms with Crippen LogP contribution >= 0.6 is 23.2 Å². The lowest BCUT2D eigenvalue weighted by Gasteiger charge is -2.35.